The van der Waals surface area contributed by atoms with Crippen molar-refractivity contribution in [2.24, 2.45) is 0 Å². The smallest absolute Gasteiger partial charge is 0.276 e. The summed E-state index contributed by atoms with van der Waals surface area (Å²) in [5, 5.41) is 7.06. The molecule has 0 saturated carbocycles. The van der Waals surface area contributed by atoms with Crippen LogP contribution in [-0.2, 0) is 6.54 Å². The summed E-state index contributed by atoms with van der Waals surface area (Å²) in [6, 6.07) is 25.7. The van der Waals surface area contributed by atoms with Gasteiger partial charge >= 0.3 is 0 Å². The fourth-order valence-corrected chi connectivity index (χ4v) is 3.09. The summed E-state index contributed by atoms with van der Waals surface area (Å²) in [6.45, 7) is 0.140. The lowest BCUT2D eigenvalue weighted by Gasteiger charge is -2.12. The molecule has 148 valence electrons. The Bertz CT molecular complexity index is 1240. The van der Waals surface area contributed by atoms with Gasteiger partial charge < -0.3 is 5.32 Å². The van der Waals surface area contributed by atoms with Gasteiger partial charge in [-0.25, -0.2) is 9.07 Å². The zero-order valence-electron chi connectivity index (χ0n) is 16.0. The highest BCUT2D eigenvalue weighted by Gasteiger charge is 2.13. The van der Waals surface area contributed by atoms with Gasteiger partial charge in [-0.1, -0.05) is 60.7 Å². The van der Waals surface area contributed by atoms with Gasteiger partial charge in [0.2, 0.25) is 0 Å². The van der Waals surface area contributed by atoms with E-state index in [4.69, 9.17) is 0 Å². The summed E-state index contributed by atoms with van der Waals surface area (Å²) in [6.07, 6.45) is 0. The van der Waals surface area contributed by atoms with Gasteiger partial charge in [0.25, 0.3) is 11.5 Å². The van der Waals surface area contributed by atoms with E-state index < -0.39 is 5.91 Å². The minimum atomic E-state index is -0.425. The van der Waals surface area contributed by atoms with Crippen LogP contribution in [-0.4, -0.2) is 15.7 Å². The number of aromatic nitrogens is 2. The minimum Gasteiger partial charge on any atom is -0.320 e. The summed E-state index contributed by atoms with van der Waals surface area (Å²) in [4.78, 5) is 25.0. The Morgan fingerprint density at radius 1 is 0.867 bits per heavy atom. The van der Waals surface area contributed by atoms with Crippen LogP contribution >= 0.6 is 0 Å². The van der Waals surface area contributed by atoms with Crippen LogP contribution in [0.5, 0.6) is 0 Å². The third-order valence-electron chi connectivity index (χ3n) is 4.60. The number of nitrogens with one attached hydrogen (secondary N) is 1. The molecule has 1 amide bonds. The molecule has 4 aromatic rings. The average molecular weight is 399 g/mol. The number of amides is 1. The maximum absolute atomic E-state index is 13.1. The lowest BCUT2D eigenvalue weighted by atomic mass is 10.0. The summed E-state index contributed by atoms with van der Waals surface area (Å²) < 4.78 is 14.3. The highest BCUT2D eigenvalue weighted by atomic mass is 19.1. The number of para-hydroxylation sites is 1. The number of rotatable bonds is 5. The van der Waals surface area contributed by atoms with E-state index in [1.54, 1.807) is 12.1 Å². The summed E-state index contributed by atoms with van der Waals surface area (Å²) in [5.41, 5.74) is 2.97. The predicted molar refractivity (Wildman–Crippen MR) is 114 cm³/mol. The quantitative estimate of drug-likeness (QED) is 0.543. The molecule has 0 aliphatic carbocycles. The number of hydrogen-bond donors (Lipinski definition) is 1. The number of hydrogen-bond acceptors (Lipinski definition) is 3. The third kappa shape index (κ3) is 4.33. The maximum Gasteiger partial charge on any atom is 0.276 e. The fraction of sp³-hybridized carbons (Fsp3) is 0.0417. The Hall–Kier alpha value is -4.06. The second-order valence-electron chi connectivity index (χ2n) is 6.71. The van der Waals surface area contributed by atoms with Crippen molar-refractivity contribution in [3.63, 3.8) is 0 Å². The van der Waals surface area contributed by atoms with Crippen LogP contribution in [0.2, 0.25) is 0 Å². The molecule has 4 rings (SSSR count). The van der Waals surface area contributed by atoms with E-state index in [1.807, 2.05) is 54.6 Å². The van der Waals surface area contributed by atoms with Gasteiger partial charge in [0.15, 0.2) is 0 Å². The van der Waals surface area contributed by atoms with Crippen LogP contribution in [0.15, 0.2) is 95.8 Å². The van der Waals surface area contributed by atoms with E-state index in [-0.39, 0.29) is 23.6 Å². The molecule has 0 aliphatic heterocycles. The number of carbonyl (C=O) groups excluding carboxylic acids is 1. The summed E-state index contributed by atoms with van der Waals surface area (Å²) in [7, 11) is 0. The van der Waals surface area contributed by atoms with Gasteiger partial charge in [0, 0.05) is 17.3 Å². The lowest BCUT2D eigenvalue weighted by Crippen LogP contribution is -2.26. The zero-order valence-corrected chi connectivity index (χ0v) is 16.0. The van der Waals surface area contributed by atoms with Crippen LogP contribution in [0.25, 0.3) is 11.1 Å². The Morgan fingerprint density at radius 2 is 1.57 bits per heavy atom. The van der Waals surface area contributed by atoms with E-state index >= 15 is 0 Å². The normalized spacial score (nSPS) is 10.6. The Balaban J connectivity index is 1.59. The first-order valence-corrected chi connectivity index (χ1v) is 9.38. The van der Waals surface area contributed by atoms with Crippen molar-refractivity contribution in [2.45, 2.75) is 6.54 Å². The molecule has 0 saturated heterocycles. The van der Waals surface area contributed by atoms with E-state index in [0.29, 0.717) is 11.3 Å². The number of benzene rings is 3. The third-order valence-corrected chi connectivity index (χ3v) is 4.60. The molecule has 5 nitrogen and oxygen atoms in total. The molecule has 0 fully saturated rings. The van der Waals surface area contributed by atoms with Gasteiger partial charge in [-0.2, -0.15) is 5.10 Å². The van der Waals surface area contributed by atoms with Crippen molar-refractivity contribution in [3.8, 4) is 11.1 Å². The Labute approximate surface area is 172 Å². The topological polar surface area (TPSA) is 64.0 Å². The molecule has 1 aromatic heterocycles. The van der Waals surface area contributed by atoms with Gasteiger partial charge in [-0.15, -0.1) is 0 Å². The molecule has 0 bridgehead atoms. The maximum atomic E-state index is 13.1. The van der Waals surface area contributed by atoms with Gasteiger partial charge in [-0.3, -0.25) is 9.59 Å². The predicted octanol–water partition coefficient (Wildman–Crippen LogP) is 4.35. The molecule has 3 aromatic carbocycles. The standard InChI is InChI=1S/C24H18FN3O2/c25-19-12-10-17(11-13-19)16-28-23(29)15-14-22(27-28)24(30)26-21-9-5-4-8-20(21)18-6-2-1-3-7-18/h1-15H,16H2,(H,26,30). The van der Waals surface area contributed by atoms with E-state index in [9.17, 15) is 14.0 Å². The molecule has 30 heavy (non-hydrogen) atoms. The molecular formula is C24H18FN3O2. The molecule has 1 heterocycles. The Kier molecular flexibility index (Phi) is 5.48. The molecule has 1 N–H and O–H groups in total. The van der Waals surface area contributed by atoms with E-state index in [0.717, 1.165) is 11.1 Å². The first-order valence-electron chi connectivity index (χ1n) is 9.38. The van der Waals surface area contributed by atoms with Crippen molar-refractivity contribution >= 4 is 11.6 Å². The van der Waals surface area contributed by atoms with Crippen molar-refractivity contribution in [3.05, 3.63) is 118 Å². The first-order chi connectivity index (χ1) is 14.6. The van der Waals surface area contributed by atoms with Crippen LogP contribution in [0.4, 0.5) is 10.1 Å². The largest absolute Gasteiger partial charge is 0.320 e. The van der Waals surface area contributed by atoms with Crippen molar-refractivity contribution in [2.75, 3.05) is 5.32 Å². The molecular weight excluding hydrogens is 381 g/mol. The van der Waals surface area contributed by atoms with Crippen molar-refractivity contribution in [1.29, 1.82) is 0 Å². The summed E-state index contributed by atoms with van der Waals surface area (Å²) >= 11 is 0. The number of carbonyl (C=O) groups is 1. The number of nitrogens with zero attached hydrogens (tertiary/aromatic N) is 2. The first kappa shape index (κ1) is 19.3. The van der Waals surface area contributed by atoms with Crippen LogP contribution in [0.1, 0.15) is 16.1 Å². The zero-order chi connectivity index (χ0) is 20.9. The highest BCUT2D eigenvalue weighted by Crippen LogP contribution is 2.27. The lowest BCUT2D eigenvalue weighted by molar-refractivity contribution is 0.102. The minimum absolute atomic E-state index is 0.111. The number of halogens is 1. The number of anilines is 1. The second-order valence-corrected chi connectivity index (χ2v) is 6.71. The molecule has 0 spiro atoms. The van der Waals surface area contributed by atoms with E-state index in [2.05, 4.69) is 10.4 Å². The van der Waals surface area contributed by atoms with Crippen LogP contribution in [0, 0.1) is 5.82 Å². The Morgan fingerprint density at radius 3 is 2.33 bits per heavy atom. The summed E-state index contributed by atoms with van der Waals surface area (Å²) in [5.74, 6) is -0.782. The van der Waals surface area contributed by atoms with Crippen molar-refractivity contribution in [1.82, 2.24) is 9.78 Å². The molecule has 6 heteroatoms. The molecule has 0 atom stereocenters. The van der Waals surface area contributed by atoms with Crippen LogP contribution in [0.3, 0.4) is 0 Å². The monoisotopic (exact) mass is 399 g/mol. The van der Waals surface area contributed by atoms with Gasteiger partial charge in [0.05, 0.1) is 6.54 Å². The van der Waals surface area contributed by atoms with E-state index in [1.165, 1.54) is 28.9 Å². The van der Waals surface area contributed by atoms with Gasteiger partial charge in [-0.05, 0) is 35.4 Å². The highest BCUT2D eigenvalue weighted by molar-refractivity contribution is 6.04. The molecule has 0 aliphatic rings. The average Bonchev–Trinajstić information content (AvgIpc) is 2.78. The SMILES string of the molecule is O=C(Nc1ccccc1-c1ccccc1)c1ccc(=O)n(Cc2ccc(F)cc2)n1. The molecule has 0 unspecified atom stereocenters. The fourth-order valence-electron chi connectivity index (χ4n) is 3.09. The second kappa shape index (κ2) is 8.53. The molecule has 0 radical (unpaired) electrons. The van der Waals surface area contributed by atoms with Gasteiger partial charge in [0.1, 0.15) is 11.5 Å². The van der Waals surface area contributed by atoms with Crippen molar-refractivity contribution < 1.29 is 9.18 Å². The van der Waals surface area contributed by atoms with Crippen LogP contribution < -0.4 is 10.9 Å².